The number of thiophene rings is 2. The van der Waals surface area contributed by atoms with Crippen LogP contribution in [0.4, 0.5) is 13.2 Å². The topological polar surface area (TPSA) is 67.6 Å². The number of halogens is 3. The van der Waals surface area contributed by atoms with Gasteiger partial charge in [0, 0.05) is 40.3 Å². The Hall–Kier alpha value is -2.21. The minimum atomic E-state index is -5.08. The fourth-order valence-electron chi connectivity index (χ4n) is 4.00. The van der Waals surface area contributed by atoms with Crippen molar-refractivity contribution in [2.45, 2.75) is 44.8 Å². The summed E-state index contributed by atoms with van der Waals surface area (Å²) in [5.41, 5.74) is 2.43. The highest BCUT2D eigenvalue weighted by molar-refractivity contribution is 7.11. The lowest BCUT2D eigenvalue weighted by molar-refractivity contribution is -0.192. The van der Waals surface area contributed by atoms with Crippen molar-refractivity contribution in [3.05, 3.63) is 50.7 Å². The van der Waals surface area contributed by atoms with Crippen LogP contribution in [0.15, 0.2) is 35.2 Å². The van der Waals surface area contributed by atoms with E-state index in [1.54, 1.807) is 11.3 Å². The number of hydrogen-bond donors (Lipinski definition) is 1. The number of carboxylic acid groups (broad SMARTS) is 1. The number of nitrogens with zero attached hydrogens (tertiary/aromatic N) is 3. The summed E-state index contributed by atoms with van der Waals surface area (Å²) in [5, 5.41) is 11.5. The lowest BCUT2D eigenvalue weighted by atomic mass is 10.0. The SMILES string of the molecule is Cc1ccc(CN2CCC3(C2)Cn2c(-c4ccsc4)cnc2CO3)s1.O=C(O)C(F)(F)F. The van der Waals surface area contributed by atoms with Gasteiger partial charge in [-0.05, 0) is 36.9 Å². The highest BCUT2D eigenvalue weighted by Crippen LogP contribution is 2.36. The van der Waals surface area contributed by atoms with Gasteiger partial charge in [-0.3, -0.25) is 4.90 Å². The zero-order valence-corrected chi connectivity index (χ0v) is 18.9. The maximum absolute atomic E-state index is 10.6. The van der Waals surface area contributed by atoms with Crippen LogP contribution < -0.4 is 0 Å². The quantitative estimate of drug-likeness (QED) is 0.578. The van der Waals surface area contributed by atoms with Gasteiger partial charge in [0.1, 0.15) is 18.0 Å². The molecule has 0 bridgehead atoms. The highest BCUT2D eigenvalue weighted by atomic mass is 32.1. The van der Waals surface area contributed by atoms with E-state index in [-0.39, 0.29) is 5.60 Å². The van der Waals surface area contributed by atoms with Crippen molar-refractivity contribution in [1.29, 1.82) is 0 Å². The Balaban J connectivity index is 0.000000307. The molecule has 172 valence electrons. The molecule has 1 spiro atoms. The van der Waals surface area contributed by atoms with Crippen molar-refractivity contribution in [2.24, 2.45) is 0 Å². The van der Waals surface area contributed by atoms with Crippen molar-refractivity contribution in [3.63, 3.8) is 0 Å². The van der Waals surface area contributed by atoms with Crippen LogP contribution in [0, 0.1) is 6.92 Å². The molecular formula is C21H22F3N3O3S2. The average Bonchev–Trinajstić information content (AvgIpc) is 3.50. The van der Waals surface area contributed by atoms with Gasteiger partial charge in [0.15, 0.2) is 0 Å². The van der Waals surface area contributed by atoms with Crippen LogP contribution in [0.2, 0.25) is 0 Å². The molecule has 0 saturated carbocycles. The molecule has 2 aliphatic heterocycles. The lowest BCUT2D eigenvalue weighted by Gasteiger charge is -2.35. The number of rotatable bonds is 3. The minimum absolute atomic E-state index is 0.0647. The first-order chi connectivity index (χ1) is 15.2. The number of imidazole rings is 1. The molecule has 0 aromatic carbocycles. The van der Waals surface area contributed by atoms with Gasteiger partial charge in [0.05, 0.1) is 18.4 Å². The Morgan fingerprint density at radius 2 is 2.09 bits per heavy atom. The summed E-state index contributed by atoms with van der Waals surface area (Å²) in [7, 11) is 0. The molecule has 11 heteroatoms. The number of ether oxygens (including phenoxy) is 1. The smallest absolute Gasteiger partial charge is 0.475 e. The largest absolute Gasteiger partial charge is 0.490 e. The first kappa shape index (κ1) is 23.0. The van der Waals surface area contributed by atoms with Gasteiger partial charge in [0.25, 0.3) is 0 Å². The van der Waals surface area contributed by atoms with Crippen molar-refractivity contribution in [2.75, 3.05) is 13.1 Å². The first-order valence-electron chi connectivity index (χ1n) is 9.94. The van der Waals surface area contributed by atoms with Gasteiger partial charge in [0.2, 0.25) is 0 Å². The molecule has 1 saturated heterocycles. The van der Waals surface area contributed by atoms with Gasteiger partial charge < -0.3 is 14.4 Å². The molecular weight excluding hydrogens is 463 g/mol. The molecule has 5 heterocycles. The third kappa shape index (κ3) is 5.06. The highest BCUT2D eigenvalue weighted by Gasteiger charge is 2.43. The van der Waals surface area contributed by atoms with Crippen molar-refractivity contribution in [3.8, 4) is 11.3 Å². The van der Waals surface area contributed by atoms with Crippen molar-refractivity contribution in [1.82, 2.24) is 14.5 Å². The summed E-state index contributed by atoms with van der Waals surface area (Å²) in [6.45, 7) is 6.86. The molecule has 1 N–H and O–H groups in total. The molecule has 1 fully saturated rings. The second-order valence-electron chi connectivity index (χ2n) is 7.91. The van der Waals surface area contributed by atoms with E-state index in [1.807, 2.05) is 17.5 Å². The van der Waals surface area contributed by atoms with E-state index in [0.717, 1.165) is 38.4 Å². The third-order valence-corrected chi connectivity index (χ3v) is 7.19. The van der Waals surface area contributed by atoms with E-state index in [2.05, 4.69) is 50.3 Å². The molecule has 1 atom stereocenters. The second kappa shape index (κ2) is 8.97. The predicted molar refractivity (Wildman–Crippen MR) is 116 cm³/mol. The van der Waals surface area contributed by atoms with E-state index >= 15 is 0 Å². The number of aryl methyl sites for hydroxylation is 1. The Morgan fingerprint density at radius 3 is 2.72 bits per heavy atom. The van der Waals surface area contributed by atoms with Gasteiger partial charge in [-0.2, -0.15) is 24.5 Å². The standard InChI is InChI=1S/C19H21N3OS2.C2HF3O2/c1-14-2-3-16(25-14)9-21-6-5-19(12-21)13-22-17(15-4-7-24-11-15)8-20-18(22)10-23-19;3-2(4,5)1(6)7/h2-4,7-8,11H,5-6,9-10,12-13H2,1H3;(H,6,7). The summed E-state index contributed by atoms with van der Waals surface area (Å²) < 4.78 is 40.5. The first-order valence-corrected chi connectivity index (χ1v) is 11.7. The third-order valence-electron chi connectivity index (χ3n) is 5.52. The molecule has 1 unspecified atom stereocenters. The lowest BCUT2D eigenvalue weighted by Crippen LogP contribution is -2.44. The van der Waals surface area contributed by atoms with Crippen LogP contribution in [-0.2, 0) is 29.2 Å². The predicted octanol–water partition coefficient (Wildman–Crippen LogP) is 4.79. The minimum Gasteiger partial charge on any atom is -0.475 e. The number of aliphatic carboxylic acids is 1. The van der Waals surface area contributed by atoms with Crippen molar-refractivity contribution < 1.29 is 27.8 Å². The van der Waals surface area contributed by atoms with Crippen LogP contribution in [0.3, 0.4) is 0 Å². The molecule has 32 heavy (non-hydrogen) atoms. The monoisotopic (exact) mass is 485 g/mol. The Morgan fingerprint density at radius 1 is 1.31 bits per heavy atom. The van der Waals surface area contributed by atoms with Crippen LogP contribution in [0.5, 0.6) is 0 Å². The van der Waals surface area contributed by atoms with Crippen LogP contribution in [-0.4, -0.2) is 50.4 Å². The molecule has 0 radical (unpaired) electrons. The Labute approximate surface area is 190 Å². The summed E-state index contributed by atoms with van der Waals surface area (Å²) in [4.78, 5) is 18.9. The maximum atomic E-state index is 10.6. The van der Waals surface area contributed by atoms with Gasteiger partial charge in [-0.1, -0.05) is 0 Å². The number of carboxylic acids is 1. The van der Waals surface area contributed by atoms with Gasteiger partial charge in [-0.15, -0.1) is 11.3 Å². The molecule has 2 aliphatic rings. The van der Waals surface area contributed by atoms with E-state index in [1.165, 1.54) is 21.0 Å². The fraction of sp³-hybridized carbons (Fsp3) is 0.429. The zero-order valence-electron chi connectivity index (χ0n) is 17.3. The summed E-state index contributed by atoms with van der Waals surface area (Å²) in [6, 6.07) is 6.65. The van der Waals surface area contributed by atoms with Gasteiger partial charge in [-0.25, -0.2) is 9.78 Å². The summed E-state index contributed by atoms with van der Waals surface area (Å²) in [5.74, 6) is -1.70. The number of carbonyl (C=O) groups is 1. The van der Waals surface area contributed by atoms with Gasteiger partial charge >= 0.3 is 12.1 Å². The normalized spacial score (nSPS) is 20.8. The molecule has 5 rings (SSSR count). The number of hydrogen-bond acceptors (Lipinski definition) is 6. The van der Waals surface area contributed by atoms with E-state index in [4.69, 9.17) is 14.6 Å². The van der Waals surface area contributed by atoms with E-state index in [9.17, 15) is 13.2 Å². The van der Waals surface area contributed by atoms with Crippen LogP contribution in [0.1, 0.15) is 22.0 Å². The Bertz CT molecular complexity index is 1080. The maximum Gasteiger partial charge on any atom is 0.490 e. The Kier molecular flexibility index (Phi) is 6.44. The summed E-state index contributed by atoms with van der Waals surface area (Å²) >= 11 is 3.64. The zero-order chi connectivity index (χ0) is 22.9. The summed E-state index contributed by atoms with van der Waals surface area (Å²) in [6.07, 6.45) is -1.99. The molecule has 0 amide bonds. The van der Waals surface area contributed by atoms with Crippen LogP contribution in [0.25, 0.3) is 11.3 Å². The molecule has 6 nitrogen and oxygen atoms in total. The molecule has 0 aliphatic carbocycles. The average molecular weight is 486 g/mol. The van der Waals surface area contributed by atoms with Crippen LogP contribution >= 0.6 is 22.7 Å². The number of fused-ring (bicyclic) bond motifs is 1. The molecule has 3 aromatic rings. The molecule has 3 aromatic heterocycles. The van der Waals surface area contributed by atoms with E-state index in [0.29, 0.717) is 6.61 Å². The fourth-order valence-corrected chi connectivity index (χ4v) is 5.58. The number of aromatic nitrogens is 2. The van der Waals surface area contributed by atoms with Crippen molar-refractivity contribution >= 4 is 28.6 Å². The van der Waals surface area contributed by atoms with E-state index < -0.39 is 12.1 Å². The second-order valence-corrected chi connectivity index (χ2v) is 10.1. The number of likely N-dealkylation sites (tertiary alicyclic amines) is 1. The number of alkyl halides is 3.